The fourth-order valence-electron chi connectivity index (χ4n) is 7.10. The van der Waals surface area contributed by atoms with E-state index < -0.39 is 0 Å². The van der Waals surface area contributed by atoms with Gasteiger partial charge in [0.2, 0.25) is 5.91 Å². The summed E-state index contributed by atoms with van der Waals surface area (Å²) >= 11 is 1.61. The van der Waals surface area contributed by atoms with Gasteiger partial charge < -0.3 is 19.1 Å². The van der Waals surface area contributed by atoms with Gasteiger partial charge >= 0.3 is 5.97 Å². The lowest BCUT2D eigenvalue weighted by molar-refractivity contribution is -0.134. The van der Waals surface area contributed by atoms with Crippen LogP contribution in [0.2, 0.25) is 0 Å². The van der Waals surface area contributed by atoms with Crippen LogP contribution in [-0.4, -0.2) is 90.1 Å². The number of ether oxygens (including phenoxy) is 1. The second kappa shape index (κ2) is 11.0. The van der Waals surface area contributed by atoms with E-state index in [0.717, 1.165) is 51.3 Å². The van der Waals surface area contributed by atoms with Gasteiger partial charge in [-0.25, -0.2) is 4.79 Å². The smallest absolute Gasteiger partial charge is 0.348 e. The summed E-state index contributed by atoms with van der Waals surface area (Å²) in [5.74, 6) is 0.715. The predicted octanol–water partition coefficient (Wildman–Crippen LogP) is 4.60. The Kier molecular flexibility index (Phi) is 7.47. The minimum absolute atomic E-state index is 0.161. The number of likely N-dealkylation sites (N-methyl/N-ethyl adjacent to an activating group) is 1. The molecular formula is C30H40N4O3S. The number of methoxy groups -OCH3 is 1. The Hall–Kier alpha value is -2.42. The number of hydrogen-bond acceptors (Lipinski definition) is 6. The lowest BCUT2D eigenvalue weighted by atomic mass is 9.80. The number of fused-ring (bicyclic) bond motifs is 5. The molecule has 2 aromatic heterocycles. The molecule has 4 heterocycles. The number of amides is 1. The SMILES string of the molecule is CCN1CCN(C(=O)CN2CCn3c(c(C4CCCCC4)c4sc(C(=O)OC)cc43)C3C=CC=CC32)CC1. The van der Waals surface area contributed by atoms with E-state index in [2.05, 4.69) is 50.5 Å². The monoisotopic (exact) mass is 536 g/mol. The van der Waals surface area contributed by atoms with Gasteiger partial charge in [-0.1, -0.05) is 50.5 Å². The molecule has 4 aliphatic rings. The quantitative estimate of drug-likeness (QED) is 0.523. The second-order valence-electron chi connectivity index (χ2n) is 11.2. The highest BCUT2D eigenvalue weighted by Gasteiger charge is 2.39. The number of piperazine rings is 1. The Morgan fingerprint density at radius 1 is 1.00 bits per heavy atom. The first kappa shape index (κ1) is 25.8. The molecule has 7 nitrogen and oxygen atoms in total. The van der Waals surface area contributed by atoms with Gasteiger partial charge in [0.05, 0.1) is 23.9 Å². The average molecular weight is 537 g/mol. The molecule has 0 bridgehead atoms. The van der Waals surface area contributed by atoms with Crippen molar-refractivity contribution in [2.45, 2.75) is 63.5 Å². The highest BCUT2D eigenvalue weighted by atomic mass is 32.1. The Labute approximate surface area is 229 Å². The Bertz CT molecular complexity index is 1250. The first-order chi connectivity index (χ1) is 18.6. The molecule has 1 saturated heterocycles. The van der Waals surface area contributed by atoms with E-state index >= 15 is 0 Å². The standard InChI is InChI=1S/C30H40N4O3S/c1-3-31-13-15-32(16-14-31)26(35)20-33-17-18-34-24-19-25(30(36)37-2)38-29(24)27(21-9-5-4-6-10-21)28(34)22-11-7-8-12-23(22)33/h7-8,11-12,19,21-23H,3-6,9-10,13-18,20H2,1-2H3. The zero-order chi connectivity index (χ0) is 26.2. The molecule has 0 N–H and O–H groups in total. The number of nitrogens with zero attached hydrogens (tertiary/aromatic N) is 4. The van der Waals surface area contributed by atoms with Crippen molar-refractivity contribution in [2.24, 2.45) is 0 Å². The second-order valence-corrected chi connectivity index (χ2v) is 12.2. The molecule has 2 fully saturated rings. The largest absolute Gasteiger partial charge is 0.465 e. The maximum absolute atomic E-state index is 13.5. The van der Waals surface area contributed by atoms with E-state index in [1.807, 2.05) is 6.07 Å². The van der Waals surface area contributed by atoms with Crippen LogP contribution < -0.4 is 0 Å². The van der Waals surface area contributed by atoms with Crippen molar-refractivity contribution in [3.8, 4) is 0 Å². The summed E-state index contributed by atoms with van der Waals surface area (Å²) in [6.07, 6.45) is 15.2. The van der Waals surface area contributed by atoms with Gasteiger partial charge in [-0.3, -0.25) is 9.69 Å². The Morgan fingerprint density at radius 2 is 1.76 bits per heavy atom. The molecule has 2 unspecified atom stereocenters. The van der Waals surface area contributed by atoms with Crippen molar-refractivity contribution in [3.63, 3.8) is 0 Å². The molecule has 0 aromatic carbocycles. The first-order valence-corrected chi connectivity index (χ1v) is 15.2. The average Bonchev–Trinajstić information content (AvgIpc) is 3.48. The fourth-order valence-corrected chi connectivity index (χ4v) is 8.31. The molecule has 38 heavy (non-hydrogen) atoms. The third kappa shape index (κ3) is 4.65. The molecule has 1 amide bonds. The summed E-state index contributed by atoms with van der Waals surface area (Å²) < 4.78 is 8.85. The highest BCUT2D eigenvalue weighted by molar-refractivity contribution is 7.21. The number of aromatic nitrogens is 1. The van der Waals surface area contributed by atoms with Crippen molar-refractivity contribution >= 4 is 33.4 Å². The van der Waals surface area contributed by atoms with Crippen LogP contribution >= 0.6 is 11.3 Å². The minimum atomic E-state index is -0.252. The van der Waals surface area contributed by atoms with Crippen LogP contribution in [0.5, 0.6) is 0 Å². The van der Waals surface area contributed by atoms with Crippen molar-refractivity contribution in [1.29, 1.82) is 0 Å². The van der Waals surface area contributed by atoms with Crippen LogP contribution in [0.15, 0.2) is 30.4 Å². The van der Waals surface area contributed by atoms with Crippen LogP contribution in [0.25, 0.3) is 10.2 Å². The van der Waals surface area contributed by atoms with E-state index in [1.165, 1.54) is 55.2 Å². The van der Waals surface area contributed by atoms with E-state index in [9.17, 15) is 9.59 Å². The summed E-state index contributed by atoms with van der Waals surface area (Å²) in [4.78, 5) is 33.5. The summed E-state index contributed by atoms with van der Waals surface area (Å²) in [5, 5.41) is 0. The van der Waals surface area contributed by atoms with Gasteiger partial charge in [0, 0.05) is 56.9 Å². The van der Waals surface area contributed by atoms with Crippen molar-refractivity contribution in [3.05, 3.63) is 46.5 Å². The number of esters is 1. The zero-order valence-electron chi connectivity index (χ0n) is 22.7. The highest BCUT2D eigenvalue weighted by Crippen LogP contribution is 2.48. The molecule has 2 aromatic rings. The van der Waals surface area contributed by atoms with E-state index in [4.69, 9.17) is 4.74 Å². The molecule has 6 rings (SSSR count). The number of thiophene rings is 1. The first-order valence-electron chi connectivity index (χ1n) is 14.4. The number of hydrogen-bond donors (Lipinski definition) is 0. The fraction of sp³-hybridized carbons (Fsp3) is 0.600. The molecule has 204 valence electrons. The van der Waals surface area contributed by atoms with Crippen LogP contribution in [-0.2, 0) is 16.1 Å². The summed E-state index contributed by atoms with van der Waals surface area (Å²) in [6.45, 7) is 8.89. The number of rotatable bonds is 5. The summed E-state index contributed by atoms with van der Waals surface area (Å²) in [6, 6.07) is 2.21. The van der Waals surface area contributed by atoms with Crippen LogP contribution in [0, 0.1) is 0 Å². The Balaban J connectivity index is 1.35. The molecule has 2 aliphatic heterocycles. The van der Waals surface area contributed by atoms with Gasteiger partial charge in [-0.15, -0.1) is 11.3 Å². The summed E-state index contributed by atoms with van der Waals surface area (Å²) in [5.41, 5.74) is 4.03. The summed E-state index contributed by atoms with van der Waals surface area (Å²) in [7, 11) is 1.46. The van der Waals surface area contributed by atoms with Gasteiger partial charge in [0.25, 0.3) is 0 Å². The predicted molar refractivity (Wildman–Crippen MR) is 152 cm³/mol. The van der Waals surface area contributed by atoms with Crippen molar-refractivity contribution in [2.75, 3.05) is 52.9 Å². The molecule has 2 aliphatic carbocycles. The van der Waals surface area contributed by atoms with Crippen LogP contribution in [0.4, 0.5) is 0 Å². The number of carbonyl (C=O) groups is 2. The van der Waals surface area contributed by atoms with Crippen LogP contribution in [0.1, 0.15) is 71.8 Å². The van der Waals surface area contributed by atoms with Crippen LogP contribution in [0.3, 0.4) is 0 Å². The topological polar surface area (TPSA) is 58.0 Å². The van der Waals surface area contributed by atoms with Gasteiger partial charge in [0.15, 0.2) is 0 Å². The van der Waals surface area contributed by atoms with Crippen molar-refractivity contribution < 1.29 is 14.3 Å². The third-order valence-corrected chi connectivity index (χ3v) is 10.3. The molecule has 8 heteroatoms. The zero-order valence-corrected chi connectivity index (χ0v) is 23.5. The molecule has 0 spiro atoms. The normalized spacial score (nSPS) is 24.8. The third-order valence-electron chi connectivity index (χ3n) is 9.18. The molecule has 0 radical (unpaired) electrons. The van der Waals surface area contributed by atoms with E-state index in [-0.39, 0.29) is 23.8 Å². The van der Waals surface area contributed by atoms with Crippen molar-refractivity contribution in [1.82, 2.24) is 19.3 Å². The van der Waals surface area contributed by atoms with Gasteiger partial charge in [0.1, 0.15) is 4.88 Å². The van der Waals surface area contributed by atoms with Gasteiger partial charge in [-0.2, -0.15) is 0 Å². The maximum atomic E-state index is 13.5. The van der Waals surface area contributed by atoms with Gasteiger partial charge in [-0.05, 0) is 36.9 Å². The molecular weight excluding hydrogens is 496 g/mol. The van der Waals surface area contributed by atoms with E-state index in [1.54, 1.807) is 11.3 Å². The Morgan fingerprint density at radius 3 is 2.50 bits per heavy atom. The minimum Gasteiger partial charge on any atom is -0.465 e. The van der Waals surface area contributed by atoms with E-state index in [0.29, 0.717) is 17.3 Å². The maximum Gasteiger partial charge on any atom is 0.348 e. The molecule has 2 atom stereocenters. The molecule has 1 saturated carbocycles. The number of allylic oxidation sites excluding steroid dienone is 2. The number of carbonyl (C=O) groups excluding carboxylic acids is 2. The lowest BCUT2D eigenvalue weighted by Crippen LogP contribution is -2.52. The lowest BCUT2D eigenvalue weighted by Gasteiger charge is -2.37.